The summed E-state index contributed by atoms with van der Waals surface area (Å²) < 4.78 is 70.6. The molecule has 10 nitrogen and oxygen atoms in total. The topological polar surface area (TPSA) is 149 Å². The van der Waals surface area contributed by atoms with Crippen molar-refractivity contribution in [3.63, 3.8) is 0 Å². The van der Waals surface area contributed by atoms with Gasteiger partial charge < -0.3 is 8.97 Å². The molecule has 0 spiro atoms. The van der Waals surface area contributed by atoms with Gasteiger partial charge in [-0.25, -0.2) is 0 Å². The van der Waals surface area contributed by atoms with Crippen LogP contribution >= 0.6 is 0 Å². The molecule has 0 bridgehead atoms. The third kappa shape index (κ3) is 47700. The average Bonchev–Trinajstić information content (AvgIpc) is 1.62. The van der Waals surface area contributed by atoms with E-state index in [2.05, 4.69) is 56.4 Å². The van der Waals surface area contributed by atoms with E-state index in [1.165, 1.54) is 0 Å². The molecule has 0 saturated carbocycles. The summed E-state index contributed by atoms with van der Waals surface area (Å²) >= 11 is -11.2. The van der Waals surface area contributed by atoms with Crippen LogP contribution in [0.3, 0.4) is 0 Å². The van der Waals surface area contributed by atoms with Gasteiger partial charge in [-0.3, -0.25) is 0 Å². The Hall–Kier alpha value is -0.321. The number of hydrogen-bond acceptors (Lipinski definition) is 8. The van der Waals surface area contributed by atoms with Crippen molar-refractivity contribution < 1.29 is 66.3 Å². The molecule has 12 heteroatoms. The van der Waals surface area contributed by atoms with Crippen LogP contribution in [0.5, 0.6) is 0 Å². The molecule has 0 saturated heterocycles. The SMILES string of the molecule is C[N+](C)(C)C.C[N+](C)(C)C.[O]=[Mn](=[O])(=[O])[O-].[O]=[Mn](=[O])(=[O])[O-]. The van der Waals surface area contributed by atoms with Gasteiger partial charge in [0.2, 0.25) is 0 Å². The minimum atomic E-state index is -5.62. The van der Waals surface area contributed by atoms with Crippen LogP contribution in [0.2, 0.25) is 0 Å². The quantitative estimate of drug-likeness (QED) is 0.329. The summed E-state index contributed by atoms with van der Waals surface area (Å²) in [6, 6.07) is 0. The Balaban J connectivity index is -0.0000000853. The minimum absolute atomic E-state index is 1.00. The summed E-state index contributed by atoms with van der Waals surface area (Å²) in [5.74, 6) is 0. The Bertz CT molecular complexity index is 444. The van der Waals surface area contributed by atoms with E-state index >= 15 is 0 Å². The van der Waals surface area contributed by atoms with Gasteiger partial charge in [-0.2, -0.15) is 0 Å². The second kappa shape index (κ2) is 10.4. The Morgan fingerprint density at radius 3 is 0.500 bits per heavy atom. The van der Waals surface area contributed by atoms with Crippen LogP contribution in [0.4, 0.5) is 0 Å². The molecule has 20 heavy (non-hydrogen) atoms. The van der Waals surface area contributed by atoms with Gasteiger partial charge in [0.15, 0.2) is 0 Å². The summed E-state index contributed by atoms with van der Waals surface area (Å²) in [6.07, 6.45) is 0. The summed E-state index contributed by atoms with van der Waals surface area (Å²) in [7, 11) is 17.0. The van der Waals surface area contributed by atoms with Crippen molar-refractivity contribution >= 4 is 0 Å². The first-order chi connectivity index (χ1) is 8.00. The van der Waals surface area contributed by atoms with E-state index < -0.39 is 25.9 Å². The predicted molar refractivity (Wildman–Crippen MR) is 52.0 cm³/mol. The fraction of sp³-hybridized carbons (Fsp3) is 1.00. The monoisotopic (exact) mass is 386 g/mol. The molecular weight excluding hydrogens is 362 g/mol. The van der Waals surface area contributed by atoms with E-state index in [4.69, 9.17) is 31.4 Å². The van der Waals surface area contributed by atoms with Gasteiger partial charge >= 0.3 is 57.3 Å². The molecule has 0 aliphatic rings. The van der Waals surface area contributed by atoms with Crippen LogP contribution in [-0.4, -0.2) is 65.3 Å². The van der Waals surface area contributed by atoms with Crippen molar-refractivity contribution in [3.05, 3.63) is 0 Å². The zero-order chi connectivity index (χ0) is 18.0. The van der Waals surface area contributed by atoms with Crippen LogP contribution in [0.1, 0.15) is 0 Å². The molecular formula is C8H24Mn2N2O8. The molecule has 0 aliphatic carbocycles. The van der Waals surface area contributed by atoms with Gasteiger partial charge in [0, 0.05) is 0 Å². The second-order valence-electron chi connectivity index (χ2n) is 6.12. The van der Waals surface area contributed by atoms with E-state index in [0.717, 1.165) is 8.97 Å². The van der Waals surface area contributed by atoms with Crippen LogP contribution in [0.15, 0.2) is 0 Å². The molecule has 0 unspecified atom stereocenters. The number of rotatable bonds is 0. The van der Waals surface area contributed by atoms with Gasteiger partial charge in [-0.15, -0.1) is 0 Å². The summed E-state index contributed by atoms with van der Waals surface area (Å²) in [6.45, 7) is 0. The zero-order valence-electron chi connectivity index (χ0n) is 12.9. The predicted octanol–water partition coefficient (Wildman–Crippen LogP) is -2.45. The average molecular weight is 386 g/mol. The van der Waals surface area contributed by atoms with Crippen LogP contribution in [0.25, 0.3) is 0 Å². The first kappa shape index (κ1) is 27.9. The third-order valence-electron chi connectivity index (χ3n) is 0. The number of hydrogen-bond donors (Lipinski definition) is 0. The Kier molecular flexibility index (Phi) is 14.5. The zero-order valence-corrected chi connectivity index (χ0v) is 15.3. The summed E-state index contributed by atoms with van der Waals surface area (Å²) in [5.41, 5.74) is 0. The molecule has 0 radical (unpaired) electrons. The van der Waals surface area contributed by atoms with Crippen molar-refractivity contribution in [2.24, 2.45) is 0 Å². The van der Waals surface area contributed by atoms with E-state index in [0.29, 0.717) is 0 Å². The van der Waals surface area contributed by atoms with Crippen molar-refractivity contribution in [3.8, 4) is 0 Å². The maximum absolute atomic E-state index is 8.58. The molecule has 0 aromatic rings. The van der Waals surface area contributed by atoms with Crippen LogP contribution in [-0.2, 0) is 48.9 Å². The molecule has 0 fully saturated rings. The van der Waals surface area contributed by atoms with E-state index in [1.807, 2.05) is 0 Å². The first-order valence-corrected chi connectivity index (χ1v) is 8.67. The maximum atomic E-state index is 8.58. The third-order valence-corrected chi connectivity index (χ3v) is 0. The number of quaternary nitrogens is 2. The van der Waals surface area contributed by atoms with Gasteiger partial charge in [0.1, 0.15) is 0 Å². The molecule has 0 rings (SSSR count). The molecule has 0 aliphatic heterocycles. The van der Waals surface area contributed by atoms with Gasteiger partial charge in [0.05, 0.1) is 56.4 Å². The fourth-order valence-electron chi connectivity index (χ4n) is 0. The van der Waals surface area contributed by atoms with E-state index in [1.54, 1.807) is 0 Å². The van der Waals surface area contributed by atoms with Gasteiger partial charge in [-0.1, -0.05) is 0 Å². The standard InChI is InChI=1S/2C4H12N.2Mn.8O/c2*1-5(2,3)4;;;;;;;;;;/h2*1-4H3;;;;;;;;;;/q2*+1;;;;;;;;;2*-1. The summed E-state index contributed by atoms with van der Waals surface area (Å²) in [5, 5.41) is 0. The fourth-order valence-corrected chi connectivity index (χ4v) is 0. The first-order valence-electron chi connectivity index (χ1n) is 4.81. The Morgan fingerprint density at radius 2 is 0.500 bits per heavy atom. The van der Waals surface area contributed by atoms with Gasteiger partial charge in [0.25, 0.3) is 0 Å². The van der Waals surface area contributed by atoms with E-state index in [-0.39, 0.29) is 0 Å². The second-order valence-corrected chi connectivity index (χ2v) is 8.48. The Morgan fingerprint density at radius 1 is 0.500 bits per heavy atom. The van der Waals surface area contributed by atoms with Crippen molar-refractivity contribution in [2.45, 2.75) is 0 Å². The number of nitrogens with zero attached hydrogens (tertiary/aromatic N) is 2. The summed E-state index contributed by atoms with van der Waals surface area (Å²) in [4.78, 5) is 0. The Labute approximate surface area is 123 Å². The van der Waals surface area contributed by atoms with Crippen LogP contribution < -0.4 is 8.38 Å². The van der Waals surface area contributed by atoms with Crippen molar-refractivity contribution in [1.82, 2.24) is 0 Å². The van der Waals surface area contributed by atoms with Crippen molar-refractivity contribution in [1.29, 1.82) is 0 Å². The van der Waals surface area contributed by atoms with Gasteiger partial charge in [-0.05, 0) is 0 Å². The van der Waals surface area contributed by atoms with E-state index in [9.17, 15) is 0 Å². The molecule has 0 aromatic carbocycles. The van der Waals surface area contributed by atoms with Crippen molar-refractivity contribution in [2.75, 3.05) is 56.4 Å². The molecule has 0 aromatic heterocycles. The molecule has 128 valence electrons. The molecule has 0 heterocycles. The molecule has 0 N–H and O–H groups in total. The van der Waals surface area contributed by atoms with Crippen LogP contribution in [0, 0.1) is 0 Å². The molecule has 0 amide bonds. The normalized spacial score (nSPS) is 11.7. The molecule has 0 atom stereocenters.